The Labute approximate surface area is 174 Å². The van der Waals surface area contributed by atoms with Gasteiger partial charge in [0, 0.05) is 11.1 Å². The zero-order chi connectivity index (χ0) is 21.3. The lowest BCUT2D eigenvalue weighted by Gasteiger charge is -2.12. The quantitative estimate of drug-likeness (QED) is 0.416. The van der Waals surface area contributed by atoms with E-state index in [1.807, 2.05) is 18.2 Å². The Morgan fingerprint density at radius 1 is 0.767 bits per heavy atom. The van der Waals surface area contributed by atoms with Gasteiger partial charge in [-0.25, -0.2) is 0 Å². The molecule has 0 saturated heterocycles. The van der Waals surface area contributed by atoms with Crippen LogP contribution in [0.25, 0.3) is 0 Å². The number of ketones is 1. The number of para-hydroxylation sites is 2. The minimum absolute atomic E-state index is 0.0781. The highest BCUT2D eigenvalue weighted by molar-refractivity contribution is 6.15. The molecule has 0 saturated carbocycles. The van der Waals surface area contributed by atoms with Crippen LogP contribution >= 0.6 is 0 Å². The molecular formula is C23H21N3O4. The number of hydrogen-bond acceptors (Lipinski definition) is 5. The Morgan fingerprint density at radius 2 is 1.40 bits per heavy atom. The van der Waals surface area contributed by atoms with Crippen LogP contribution in [0.3, 0.4) is 0 Å². The average molecular weight is 403 g/mol. The van der Waals surface area contributed by atoms with Crippen molar-refractivity contribution in [3.05, 3.63) is 95.6 Å². The van der Waals surface area contributed by atoms with Gasteiger partial charge in [-0.1, -0.05) is 60.7 Å². The highest BCUT2D eigenvalue weighted by Crippen LogP contribution is 2.22. The lowest BCUT2D eigenvalue weighted by molar-refractivity contribution is -0.120. The highest BCUT2D eigenvalue weighted by atomic mass is 16.5. The molecule has 0 aliphatic heterocycles. The maximum absolute atomic E-state index is 12.7. The molecule has 0 spiro atoms. The van der Waals surface area contributed by atoms with Crippen LogP contribution in [0.5, 0.6) is 5.75 Å². The second-order valence-electron chi connectivity index (χ2n) is 6.30. The number of hydrazine groups is 1. The number of nitrogens with one attached hydrogen (secondary N) is 3. The first-order valence-electron chi connectivity index (χ1n) is 9.25. The Hall–Kier alpha value is -4.13. The smallest absolute Gasteiger partial charge is 0.270 e. The topological polar surface area (TPSA) is 96.5 Å². The van der Waals surface area contributed by atoms with Gasteiger partial charge in [0.15, 0.2) is 5.78 Å². The molecule has 3 aromatic rings. The van der Waals surface area contributed by atoms with Crippen molar-refractivity contribution in [3.63, 3.8) is 0 Å². The molecule has 0 heterocycles. The first-order valence-corrected chi connectivity index (χ1v) is 9.25. The maximum atomic E-state index is 12.7. The third-order valence-corrected chi connectivity index (χ3v) is 4.31. The Bertz CT molecular complexity index is 1050. The van der Waals surface area contributed by atoms with E-state index in [4.69, 9.17) is 4.74 Å². The Morgan fingerprint density at radius 3 is 2.13 bits per heavy atom. The van der Waals surface area contributed by atoms with Crippen LogP contribution in [0.4, 0.5) is 5.69 Å². The third-order valence-electron chi connectivity index (χ3n) is 4.31. The molecular weight excluding hydrogens is 382 g/mol. The zero-order valence-corrected chi connectivity index (χ0v) is 16.3. The number of hydrogen-bond donors (Lipinski definition) is 3. The monoisotopic (exact) mass is 403 g/mol. The molecule has 0 radical (unpaired) electrons. The van der Waals surface area contributed by atoms with Crippen molar-refractivity contribution in [2.75, 3.05) is 19.0 Å². The SMILES string of the molecule is COc1ccccc1NCC(=O)NNC(=O)c1ccccc1C(=O)c1ccccc1. The van der Waals surface area contributed by atoms with Crippen LogP contribution in [0.2, 0.25) is 0 Å². The molecule has 152 valence electrons. The van der Waals surface area contributed by atoms with Gasteiger partial charge in [0.05, 0.1) is 24.9 Å². The summed E-state index contributed by atoms with van der Waals surface area (Å²) in [5.74, 6) is -0.713. The zero-order valence-electron chi connectivity index (χ0n) is 16.3. The van der Waals surface area contributed by atoms with Gasteiger partial charge in [-0.2, -0.15) is 0 Å². The van der Waals surface area contributed by atoms with Crippen LogP contribution in [-0.2, 0) is 4.79 Å². The fraction of sp³-hybridized carbons (Fsp3) is 0.0870. The molecule has 30 heavy (non-hydrogen) atoms. The van der Waals surface area contributed by atoms with Crippen molar-refractivity contribution >= 4 is 23.3 Å². The van der Waals surface area contributed by atoms with E-state index in [-0.39, 0.29) is 23.5 Å². The van der Waals surface area contributed by atoms with E-state index in [0.717, 1.165) is 0 Å². The van der Waals surface area contributed by atoms with Crippen molar-refractivity contribution in [1.29, 1.82) is 0 Å². The van der Waals surface area contributed by atoms with Gasteiger partial charge in [-0.3, -0.25) is 25.2 Å². The van der Waals surface area contributed by atoms with E-state index < -0.39 is 11.8 Å². The molecule has 0 aliphatic rings. The first-order chi connectivity index (χ1) is 14.6. The van der Waals surface area contributed by atoms with Crippen molar-refractivity contribution in [3.8, 4) is 5.75 Å². The predicted molar refractivity (Wildman–Crippen MR) is 113 cm³/mol. The molecule has 3 N–H and O–H groups in total. The number of amides is 2. The van der Waals surface area contributed by atoms with Gasteiger partial charge < -0.3 is 10.1 Å². The van der Waals surface area contributed by atoms with E-state index >= 15 is 0 Å². The molecule has 0 aliphatic carbocycles. The average Bonchev–Trinajstić information content (AvgIpc) is 2.81. The van der Waals surface area contributed by atoms with Crippen molar-refractivity contribution in [1.82, 2.24) is 10.9 Å². The van der Waals surface area contributed by atoms with Crippen molar-refractivity contribution < 1.29 is 19.1 Å². The minimum atomic E-state index is -0.583. The Balaban J connectivity index is 1.61. The molecule has 0 aromatic heterocycles. The fourth-order valence-electron chi connectivity index (χ4n) is 2.83. The molecule has 3 aromatic carbocycles. The van der Waals surface area contributed by atoms with E-state index in [2.05, 4.69) is 16.2 Å². The normalized spacial score (nSPS) is 10.0. The second-order valence-corrected chi connectivity index (χ2v) is 6.30. The van der Waals surface area contributed by atoms with Crippen LogP contribution < -0.4 is 20.9 Å². The number of anilines is 1. The van der Waals surface area contributed by atoms with Crippen LogP contribution in [-0.4, -0.2) is 31.3 Å². The third kappa shape index (κ3) is 5.02. The van der Waals surface area contributed by atoms with Crippen LogP contribution in [0.1, 0.15) is 26.3 Å². The summed E-state index contributed by atoms with van der Waals surface area (Å²) in [6.45, 7) is -0.0781. The van der Waals surface area contributed by atoms with Gasteiger partial charge in [-0.05, 0) is 18.2 Å². The van der Waals surface area contributed by atoms with E-state index in [9.17, 15) is 14.4 Å². The largest absolute Gasteiger partial charge is 0.495 e. The van der Waals surface area contributed by atoms with E-state index in [1.165, 1.54) is 13.2 Å². The number of ether oxygens (including phenoxy) is 1. The molecule has 0 unspecified atom stereocenters. The summed E-state index contributed by atoms with van der Waals surface area (Å²) in [7, 11) is 1.54. The van der Waals surface area contributed by atoms with Gasteiger partial charge in [0.2, 0.25) is 0 Å². The molecule has 0 fully saturated rings. The highest BCUT2D eigenvalue weighted by Gasteiger charge is 2.18. The van der Waals surface area contributed by atoms with Gasteiger partial charge in [0.25, 0.3) is 11.8 Å². The van der Waals surface area contributed by atoms with E-state index in [0.29, 0.717) is 17.0 Å². The fourth-order valence-corrected chi connectivity index (χ4v) is 2.83. The van der Waals surface area contributed by atoms with Gasteiger partial charge in [-0.15, -0.1) is 0 Å². The number of rotatable bonds is 7. The summed E-state index contributed by atoms with van der Waals surface area (Å²) < 4.78 is 5.21. The summed E-state index contributed by atoms with van der Waals surface area (Å²) >= 11 is 0. The lowest BCUT2D eigenvalue weighted by atomic mass is 9.98. The lowest BCUT2D eigenvalue weighted by Crippen LogP contribution is -2.44. The second kappa shape index (κ2) is 9.88. The molecule has 7 heteroatoms. The van der Waals surface area contributed by atoms with Gasteiger partial charge in [0.1, 0.15) is 5.75 Å². The Kier molecular flexibility index (Phi) is 6.78. The summed E-state index contributed by atoms with van der Waals surface area (Å²) in [6, 6.07) is 22.3. The first kappa shape index (κ1) is 20.6. The molecule has 3 rings (SSSR count). The summed E-state index contributed by atoms with van der Waals surface area (Å²) in [5, 5.41) is 2.94. The molecule has 2 amide bonds. The van der Waals surface area contributed by atoms with E-state index in [1.54, 1.807) is 54.6 Å². The predicted octanol–water partition coefficient (Wildman–Crippen LogP) is 2.80. The molecule has 0 bridgehead atoms. The maximum Gasteiger partial charge on any atom is 0.270 e. The number of methoxy groups -OCH3 is 1. The molecule has 7 nitrogen and oxygen atoms in total. The summed E-state index contributed by atoms with van der Waals surface area (Å²) in [6.07, 6.45) is 0. The van der Waals surface area contributed by atoms with Crippen LogP contribution in [0, 0.1) is 0 Å². The minimum Gasteiger partial charge on any atom is -0.495 e. The van der Waals surface area contributed by atoms with Gasteiger partial charge >= 0.3 is 0 Å². The van der Waals surface area contributed by atoms with Crippen molar-refractivity contribution in [2.24, 2.45) is 0 Å². The molecule has 0 atom stereocenters. The van der Waals surface area contributed by atoms with Crippen molar-refractivity contribution in [2.45, 2.75) is 0 Å². The standard InChI is InChI=1S/C23H21N3O4/c1-30-20-14-8-7-13-19(20)24-15-21(27)25-26-23(29)18-12-6-5-11-17(18)22(28)16-9-3-2-4-10-16/h2-14,24H,15H2,1H3,(H,25,27)(H,26,29). The number of carbonyl (C=O) groups is 3. The van der Waals surface area contributed by atoms with Crippen LogP contribution in [0.15, 0.2) is 78.9 Å². The number of benzene rings is 3. The number of carbonyl (C=O) groups excluding carboxylic acids is 3. The summed E-state index contributed by atoms with van der Waals surface area (Å²) in [5.41, 5.74) is 6.24. The summed E-state index contributed by atoms with van der Waals surface area (Å²) in [4.78, 5) is 37.4.